The number of nitrogens with two attached hydrogens (primary N) is 1. The molecule has 2 N–H and O–H groups in total. The molecule has 4 heteroatoms. The van der Waals surface area contributed by atoms with Gasteiger partial charge in [-0.1, -0.05) is 24.3 Å². The van der Waals surface area contributed by atoms with Crippen LogP contribution in [0.1, 0.15) is 30.4 Å². The summed E-state index contributed by atoms with van der Waals surface area (Å²) >= 11 is 0. The Morgan fingerprint density at radius 3 is 2.59 bits per heavy atom. The smallest absolute Gasteiger partial charge is 0.263 e. The number of hydrogen-bond donors (Lipinski definition) is 1. The van der Waals surface area contributed by atoms with Crippen molar-refractivity contribution >= 4 is 0 Å². The van der Waals surface area contributed by atoms with Gasteiger partial charge in [0.2, 0.25) is 0 Å². The summed E-state index contributed by atoms with van der Waals surface area (Å²) in [6.07, 6.45) is -0.177. The molecule has 1 aliphatic heterocycles. The molecule has 94 valence electrons. The van der Waals surface area contributed by atoms with Gasteiger partial charge in [-0.05, 0) is 24.9 Å². The van der Waals surface area contributed by atoms with Gasteiger partial charge < -0.3 is 5.73 Å². The van der Waals surface area contributed by atoms with Crippen LogP contribution in [-0.2, 0) is 6.54 Å². The van der Waals surface area contributed by atoms with E-state index in [9.17, 15) is 8.78 Å². The number of piperidine rings is 1. The zero-order valence-electron chi connectivity index (χ0n) is 9.78. The van der Waals surface area contributed by atoms with E-state index in [0.717, 1.165) is 38.0 Å². The van der Waals surface area contributed by atoms with Crippen molar-refractivity contribution in [3.05, 3.63) is 35.4 Å². The van der Waals surface area contributed by atoms with Crippen LogP contribution in [0.3, 0.4) is 0 Å². The minimum atomic E-state index is -2.38. The maximum absolute atomic E-state index is 12.4. The Morgan fingerprint density at radius 1 is 1.29 bits per heavy atom. The molecule has 1 atom stereocenters. The molecular weight excluding hydrogens is 222 g/mol. The van der Waals surface area contributed by atoms with Crippen LogP contribution in [0.15, 0.2) is 24.3 Å². The lowest BCUT2D eigenvalue weighted by atomic mass is 10.1. The molecule has 1 aromatic carbocycles. The first-order valence-corrected chi connectivity index (χ1v) is 6.00. The van der Waals surface area contributed by atoms with Crippen LogP contribution in [0.5, 0.6) is 0 Å². The quantitative estimate of drug-likeness (QED) is 0.879. The lowest BCUT2D eigenvalue weighted by Crippen LogP contribution is -2.42. The van der Waals surface area contributed by atoms with Crippen molar-refractivity contribution in [2.24, 2.45) is 5.73 Å². The van der Waals surface area contributed by atoms with Crippen LogP contribution in [-0.4, -0.2) is 24.0 Å². The van der Waals surface area contributed by atoms with Gasteiger partial charge in [-0.25, -0.2) is 8.78 Å². The summed E-state index contributed by atoms with van der Waals surface area (Å²) in [4.78, 5) is 2.28. The molecule has 1 saturated heterocycles. The van der Waals surface area contributed by atoms with Gasteiger partial charge in [0.1, 0.15) is 0 Å². The van der Waals surface area contributed by atoms with E-state index in [2.05, 4.69) is 4.90 Å². The third kappa shape index (κ3) is 3.48. The van der Waals surface area contributed by atoms with Gasteiger partial charge in [0.25, 0.3) is 6.43 Å². The van der Waals surface area contributed by atoms with Crippen LogP contribution < -0.4 is 5.73 Å². The van der Waals surface area contributed by atoms with E-state index in [1.807, 2.05) is 0 Å². The van der Waals surface area contributed by atoms with Crippen LogP contribution in [0.2, 0.25) is 0 Å². The van der Waals surface area contributed by atoms with E-state index in [1.54, 1.807) is 12.1 Å². The van der Waals surface area contributed by atoms with Gasteiger partial charge >= 0.3 is 0 Å². The molecule has 1 heterocycles. The van der Waals surface area contributed by atoms with Gasteiger partial charge in [0.05, 0.1) is 0 Å². The topological polar surface area (TPSA) is 29.3 Å². The largest absolute Gasteiger partial charge is 0.327 e. The first-order valence-electron chi connectivity index (χ1n) is 6.00. The maximum Gasteiger partial charge on any atom is 0.263 e. The molecule has 1 fully saturated rings. The molecule has 2 rings (SSSR count). The average Bonchev–Trinajstić information content (AvgIpc) is 2.29. The monoisotopic (exact) mass is 240 g/mol. The van der Waals surface area contributed by atoms with Crippen molar-refractivity contribution in [3.8, 4) is 0 Å². The first kappa shape index (κ1) is 12.5. The Kier molecular flexibility index (Phi) is 4.07. The molecule has 1 aliphatic rings. The molecule has 2 nitrogen and oxygen atoms in total. The van der Waals surface area contributed by atoms with Gasteiger partial charge in [-0.3, -0.25) is 4.90 Å². The fourth-order valence-electron chi connectivity index (χ4n) is 2.26. The summed E-state index contributed by atoms with van der Waals surface area (Å²) in [5, 5.41) is 0. The number of hydrogen-bond acceptors (Lipinski definition) is 2. The summed E-state index contributed by atoms with van der Waals surface area (Å²) in [5.74, 6) is 0. The first-order chi connectivity index (χ1) is 8.15. The van der Waals surface area contributed by atoms with Crippen molar-refractivity contribution in [1.82, 2.24) is 4.90 Å². The predicted molar refractivity (Wildman–Crippen MR) is 63.9 cm³/mol. The number of nitrogens with zero attached hydrogens (tertiary/aromatic N) is 1. The molecule has 0 bridgehead atoms. The van der Waals surface area contributed by atoms with Gasteiger partial charge in [-0.15, -0.1) is 0 Å². The standard InChI is InChI=1S/C13H18F2N2/c14-13(15)11-5-3-10(4-6-11)8-17-7-1-2-12(16)9-17/h3-6,12-13H,1-2,7-9,16H2/t12-/m1/s1. The lowest BCUT2D eigenvalue weighted by molar-refractivity contribution is 0.151. The molecule has 17 heavy (non-hydrogen) atoms. The Morgan fingerprint density at radius 2 is 2.00 bits per heavy atom. The Labute approximate surface area is 100 Å². The minimum absolute atomic E-state index is 0.0871. The number of alkyl halides is 2. The van der Waals surface area contributed by atoms with Crippen molar-refractivity contribution in [2.75, 3.05) is 13.1 Å². The molecule has 0 amide bonds. The van der Waals surface area contributed by atoms with E-state index in [1.165, 1.54) is 12.1 Å². The summed E-state index contributed by atoms with van der Waals surface area (Å²) in [7, 11) is 0. The third-order valence-corrected chi connectivity index (χ3v) is 3.18. The zero-order chi connectivity index (χ0) is 12.3. The van der Waals surface area contributed by atoms with Crippen LogP contribution in [0.4, 0.5) is 8.78 Å². The molecule has 0 saturated carbocycles. The molecular formula is C13H18F2N2. The van der Waals surface area contributed by atoms with Crippen molar-refractivity contribution < 1.29 is 8.78 Å². The zero-order valence-corrected chi connectivity index (χ0v) is 9.78. The number of rotatable bonds is 3. The third-order valence-electron chi connectivity index (χ3n) is 3.18. The maximum atomic E-state index is 12.4. The highest BCUT2D eigenvalue weighted by atomic mass is 19.3. The fraction of sp³-hybridized carbons (Fsp3) is 0.538. The minimum Gasteiger partial charge on any atom is -0.327 e. The summed E-state index contributed by atoms with van der Waals surface area (Å²) < 4.78 is 24.8. The number of benzene rings is 1. The number of likely N-dealkylation sites (tertiary alicyclic amines) is 1. The molecule has 0 unspecified atom stereocenters. The highest BCUT2D eigenvalue weighted by molar-refractivity contribution is 5.23. The fourth-order valence-corrected chi connectivity index (χ4v) is 2.26. The molecule has 1 aromatic rings. The summed E-state index contributed by atoms with van der Waals surface area (Å²) in [5.41, 5.74) is 7.06. The second kappa shape index (κ2) is 5.56. The van der Waals surface area contributed by atoms with E-state index in [-0.39, 0.29) is 11.6 Å². The lowest BCUT2D eigenvalue weighted by Gasteiger charge is -2.30. The molecule has 0 radical (unpaired) electrons. The Bertz CT molecular complexity index is 351. The van der Waals surface area contributed by atoms with Gasteiger partial charge in [-0.2, -0.15) is 0 Å². The van der Waals surface area contributed by atoms with Crippen molar-refractivity contribution in [2.45, 2.75) is 31.9 Å². The van der Waals surface area contributed by atoms with E-state index in [4.69, 9.17) is 5.73 Å². The van der Waals surface area contributed by atoms with Crippen LogP contribution in [0.25, 0.3) is 0 Å². The average molecular weight is 240 g/mol. The Hall–Kier alpha value is -1.00. The highest BCUT2D eigenvalue weighted by Crippen LogP contribution is 2.20. The highest BCUT2D eigenvalue weighted by Gasteiger charge is 2.16. The molecule has 0 aliphatic carbocycles. The van der Waals surface area contributed by atoms with E-state index < -0.39 is 6.43 Å². The van der Waals surface area contributed by atoms with E-state index in [0.29, 0.717) is 0 Å². The molecule has 0 aromatic heterocycles. The second-order valence-electron chi connectivity index (χ2n) is 4.68. The van der Waals surface area contributed by atoms with Gasteiger partial charge in [0, 0.05) is 24.7 Å². The summed E-state index contributed by atoms with van der Waals surface area (Å²) in [6.45, 7) is 2.75. The van der Waals surface area contributed by atoms with Crippen molar-refractivity contribution in [1.29, 1.82) is 0 Å². The summed E-state index contributed by atoms with van der Waals surface area (Å²) in [6, 6.07) is 6.82. The Balaban J connectivity index is 1.94. The second-order valence-corrected chi connectivity index (χ2v) is 4.68. The van der Waals surface area contributed by atoms with E-state index >= 15 is 0 Å². The molecule has 0 spiro atoms. The number of halogens is 2. The van der Waals surface area contributed by atoms with Crippen LogP contribution >= 0.6 is 0 Å². The van der Waals surface area contributed by atoms with Crippen molar-refractivity contribution in [3.63, 3.8) is 0 Å². The normalized spacial score (nSPS) is 22.0. The van der Waals surface area contributed by atoms with Gasteiger partial charge in [0.15, 0.2) is 0 Å². The van der Waals surface area contributed by atoms with Crippen LogP contribution in [0, 0.1) is 0 Å². The SMILES string of the molecule is N[C@@H]1CCCN(Cc2ccc(C(F)F)cc2)C1. The predicted octanol–water partition coefficient (Wildman–Crippen LogP) is 2.55.